The number of amides is 1. The summed E-state index contributed by atoms with van der Waals surface area (Å²) < 4.78 is 0. The van der Waals surface area contributed by atoms with Gasteiger partial charge in [-0.1, -0.05) is 0 Å². The van der Waals surface area contributed by atoms with E-state index < -0.39 is 0 Å². The van der Waals surface area contributed by atoms with Crippen LogP contribution in [0.2, 0.25) is 0 Å². The molecule has 1 radical (unpaired) electrons. The van der Waals surface area contributed by atoms with E-state index in [0.29, 0.717) is 5.56 Å². The molecule has 1 aliphatic heterocycles. The molecule has 0 spiro atoms. The van der Waals surface area contributed by atoms with E-state index in [9.17, 15) is 4.79 Å². The first-order valence-corrected chi connectivity index (χ1v) is 5.06. The fourth-order valence-corrected chi connectivity index (χ4v) is 1.63. The molecule has 0 saturated carbocycles. The Morgan fingerprint density at radius 3 is 2.73 bits per heavy atom. The topological polar surface area (TPSA) is 36.4 Å². The Balaban J connectivity index is 2.03. The molecule has 1 aliphatic rings. The molecule has 2 rings (SSSR count). The van der Waals surface area contributed by atoms with Crippen LogP contribution in [0.3, 0.4) is 0 Å². The maximum absolute atomic E-state index is 12.0. The molecule has 4 heteroatoms. The second-order valence-corrected chi connectivity index (χ2v) is 3.77. The number of piperazine rings is 1. The Hall–Kier alpha value is -1.42. The van der Waals surface area contributed by atoms with Crippen molar-refractivity contribution < 1.29 is 4.79 Å². The van der Waals surface area contributed by atoms with Crippen molar-refractivity contribution in [2.24, 2.45) is 0 Å². The summed E-state index contributed by atoms with van der Waals surface area (Å²) in [7, 11) is 2.07. The maximum Gasteiger partial charge on any atom is 0.255 e. The third-order valence-electron chi connectivity index (χ3n) is 2.64. The number of carbonyl (C=O) groups is 1. The average molecular weight is 204 g/mol. The first kappa shape index (κ1) is 10.1. The van der Waals surface area contributed by atoms with Gasteiger partial charge in [0.1, 0.15) is 0 Å². The van der Waals surface area contributed by atoms with Crippen LogP contribution in [-0.4, -0.2) is 53.9 Å². The van der Waals surface area contributed by atoms with Crippen LogP contribution in [0.25, 0.3) is 0 Å². The Kier molecular flexibility index (Phi) is 2.97. The second kappa shape index (κ2) is 4.40. The smallest absolute Gasteiger partial charge is 0.255 e. The van der Waals surface area contributed by atoms with Crippen LogP contribution in [0, 0.1) is 6.07 Å². The van der Waals surface area contributed by atoms with Crippen molar-refractivity contribution in [3.05, 3.63) is 30.1 Å². The highest BCUT2D eigenvalue weighted by atomic mass is 16.2. The molecule has 0 aliphatic carbocycles. The third kappa shape index (κ3) is 2.33. The minimum absolute atomic E-state index is 0.0625. The van der Waals surface area contributed by atoms with E-state index in [1.54, 1.807) is 18.5 Å². The number of hydrogen-bond donors (Lipinski definition) is 0. The lowest BCUT2D eigenvalue weighted by atomic mass is 10.2. The molecule has 1 aromatic heterocycles. The summed E-state index contributed by atoms with van der Waals surface area (Å²) in [4.78, 5) is 19.9. The van der Waals surface area contributed by atoms with Gasteiger partial charge in [0.15, 0.2) is 0 Å². The number of aromatic nitrogens is 1. The van der Waals surface area contributed by atoms with Crippen molar-refractivity contribution in [3.8, 4) is 0 Å². The highest BCUT2D eigenvalue weighted by Gasteiger charge is 2.19. The molecule has 0 bridgehead atoms. The zero-order chi connectivity index (χ0) is 10.7. The number of likely N-dealkylation sites (N-methyl/N-ethyl adjacent to an activating group) is 1. The number of rotatable bonds is 1. The zero-order valence-electron chi connectivity index (χ0n) is 8.81. The number of nitrogens with zero attached hydrogens (tertiary/aromatic N) is 3. The van der Waals surface area contributed by atoms with Gasteiger partial charge in [-0.3, -0.25) is 9.78 Å². The molecule has 1 amide bonds. The summed E-state index contributed by atoms with van der Waals surface area (Å²) in [6, 6.07) is 4.51. The van der Waals surface area contributed by atoms with E-state index in [0.717, 1.165) is 26.2 Å². The van der Waals surface area contributed by atoms with Crippen LogP contribution in [0.5, 0.6) is 0 Å². The van der Waals surface area contributed by atoms with Gasteiger partial charge < -0.3 is 9.80 Å². The highest BCUT2D eigenvalue weighted by molar-refractivity contribution is 5.93. The lowest BCUT2D eigenvalue weighted by Gasteiger charge is -2.32. The van der Waals surface area contributed by atoms with Gasteiger partial charge in [0, 0.05) is 44.6 Å². The molecule has 1 aromatic rings. The predicted molar refractivity (Wildman–Crippen MR) is 56.5 cm³/mol. The average Bonchev–Trinajstić information content (AvgIpc) is 2.30. The van der Waals surface area contributed by atoms with Crippen LogP contribution in [0.1, 0.15) is 10.4 Å². The molecular formula is C11H14N3O. The van der Waals surface area contributed by atoms with Crippen molar-refractivity contribution in [3.63, 3.8) is 0 Å². The van der Waals surface area contributed by atoms with Crippen LogP contribution in [0.4, 0.5) is 0 Å². The number of hydrogen-bond acceptors (Lipinski definition) is 3. The Morgan fingerprint density at radius 1 is 1.40 bits per heavy atom. The summed E-state index contributed by atoms with van der Waals surface area (Å²) in [5.41, 5.74) is 0.627. The first-order chi connectivity index (χ1) is 7.27. The van der Waals surface area contributed by atoms with E-state index in [1.165, 1.54) is 0 Å². The van der Waals surface area contributed by atoms with Crippen molar-refractivity contribution in [2.75, 3.05) is 33.2 Å². The number of carbonyl (C=O) groups excluding carboxylic acids is 1. The standard InChI is InChI=1S/C11H14N3O/c1-13-5-7-14(8-6-13)11(15)10-3-2-4-12-9-10/h3-4,9H,5-8H2,1H3. The van der Waals surface area contributed by atoms with E-state index in [-0.39, 0.29) is 5.91 Å². The van der Waals surface area contributed by atoms with Crippen LogP contribution in [0.15, 0.2) is 18.5 Å². The molecule has 4 nitrogen and oxygen atoms in total. The Labute approximate surface area is 89.5 Å². The van der Waals surface area contributed by atoms with E-state index in [2.05, 4.69) is 23.0 Å². The molecule has 1 saturated heterocycles. The van der Waals surface area contributed by atoms with Gasteiger partial charge in [0.2, 0.25) is 0 Å². The van der Waals surface area contributed by atoms with Gasteiger partial charge in [0.05, 0.1) is 5.56 Å². The summed E-state index contributed by atoms with van der Waals surface area (Å²) in [5, 5.41) is 0. The molecule has 0 unspecified atom stereocenters. The van der Waals surface area contributed by atoms with Crippen LogP contribution < -0.4 is 0 Å². The fourth-order valence-electron chi connectivity index (χ4n) is 1.63. The zero-order valence-corrected chi connectivity index (χ0v) is 8.81. The Bertz CT molecular complexity index is 331. The lowest BCUT2D eigenvalue weighted by Crippen LogP contribution is -2.47. The molecule has 1 fully saturated rings. The molecule has 79 valence electrons. The molecule has 15 heavy (non-hydrogen) atoms. The van der Waals surface area contributed by atoms with E-state index in [1.807, 2.05) is 4.90 Å². The maximum atomic E-state index is 12.0. The van der Waals surface area contributed by atoms with Gasteiger partial charge in [-0.25, -0.2) is 0 Å². The summed E-state index contributed by atoms with van der Waals surface area (Å²) in [5.74, 6) is 0.0625. The van der Waals surface area contributed by atoms with E-state index in [4.69, 9.17) is 0 Å². The molecule has 0 aromatic carbocycles. The molecule has 2 heterocycles. The third-order valence-corrected chi connectivity index (χ3v) is 2.64. The van der Waals surface area contributed by atoms with Crippen LogP contribution in [-0.2, 0) is 0 Å². The van der Waals surface area contributed by atoms with Crippen molar-refractivity contribution in [1.82, 2.24) is 14.8 Å². The molecule has 0 atom stereocenters. The van der Waals surface area contributed by atoms with Gasteiger partial charge >= 0.3 is 0 Å². The fraction of sp³-hybridized carbons (Fsp3) is 0.455. The van der Waals surface area contributed by atoms with E-state index >= 15 is 0 Å². The second-order valence-electron chi connectivity index (χ2n) is 3.77. The largest absolute Gasteiger partial charge is 0.336 e. The minimum atomic E-state index is 0.0625. The number of pyridine rings is 1. The predicted octanol–water partition coefficient (Wildman–Crippen LogP) is 0.269. The summed E-state index contributed by atoms with van der Waals surface area (Å²) >= 11 is 0. The van der Waals surface area contributed by atoms with Gasteiger partial charge in [0.25, 0.3) is 5.91 Å². The molecular weight excluding hydrogens is 190 g/mol. The quantitative estimate of drug-likeness (QED) is 0.659. The minimum Gasteiger partial charge on any atom is -0.336 e. The SMILES string of the molecule is CN1CCN(C(=O)c2c[c]cnc2)CC1. The Morgan fingerprint density at radius 2 is 2.13 bits per heavy atom. The highest BCUT2D eigenvalue weighted by Crippen LogP contribution is 2.06. The van der Waals surface area contributed by atoms with Crippen molar-refractivity contribution in [1.29, 1.82) is 0 Å². The molecule has 0 N–H and O–H groups in total. The lowest BCUT2D eigenvalue weighted by molar-refractivity contribution is 0.0663. The van der Waals surface area contributed by atoms with Crippen molar-refractivity contribution in [2.45, 2.75) is 0 Å². The monoisotopic (exact) mass is 204 g/mol. The summed E-state index contributed by atoms with van der Waals surface area (Å²) in [6.45, 7) is 3.47. The van der Waals surface area contributed by atoms with Crippen molar-refractivity contribution >= 4 is 5.91 Å². The van der Waals surface area contributed by atoms with Crippen LogP contribution >= 0.6 is 0 Å². The first-order valence-electron chi connectivity index (χ1n) is 5.06. The normalized spacial score (nSPS) is 17.8. The van der Waals surface area contributed by atoms with Gasteiger partial charge in [-0.2, -0.15) is 0 Å². The van der Waals surface area contributed by atoms with Gasteiger partial charge in [-0.15, -0.1) is 0 Å². The summed E-state index contributed by atoms with van der Waals surface area (Å²) in [6.07, 6.45) is 3.15. The van der Waals surface area contributed by atoms with Gasteiger partial charge in [-0.05, 0) is 13.1 Å².